The third kappa shape index (κ3) is 3.76. The van der Waals surface area contributed by atoms with E-state index in [9.17, 15) is 23.1 Å². The molecule has 5 nitrogen and oxygen atoms in total. The average Bonchev–Trinajstić information content (AvgIpc) is 3.16. The summed E-state index contributed by atoms with van der Waals surface area (Å²) in [4.78, 5) is 13.6. The van der Waals surface area contributed by atoms with Crippen molar-refractivity contribution in [2.75, 3.05) is 13.3 Å². The van der Waals surface area contributed by atoms with Crippen molar-refractivity contribution in [2.45, 2.75) is 37.5 Å². The molecule has 2 aromatic carbocycles. The quantitative estimate of drug-likeness (QED) is 0.811. The number of halogens is 3. The Bertz CT molecular complexity index is 915. The van der Waals surface area contributed by atoms with Crippen LogP contribution in [-0.4, -0.2) is 35.4 Å². The van der Waals surface area contributed by atoms with Gasteiger partial charge in [0.1, 0.15) is 6.04 Å². The zero-order chi connectivity index (χ0) is 20.6. The highest BCUT2D eigenvalue weighted by atomic mass is 19.4. The lowest BCUT2D eigenvalue weighted by atomic mass is 9.89. The number of carboxylic acid groups (broad SMARTS) is 1. The molecule has 0 saturated carbocycles. The maximum Gasteiger partial charge on any atom is 0.416 e. The van der Waals surface area contributed by atoms with Crippen molar-refractivity contribution < 1.29 is 32.5 Å². The Morgan fingerprint density at radius 2 is 1.86 bits per heavy atom. The Hall–Kier alpha value is -2.74. The minimum atomic E-state index is -4.56. The number of aliphatic carboxylic acids is 1. The molecular weight excluding hydrogens is 387 g/mol. The van der Waals surface area contributed by atoms with E-state index in [1.54, 1.807) is 29.2 Å². The number of alkyl halides is 3. The Balaban J connectivity index is 1.88. The normalized spacial score (nSPS) is 20.4. The molecule has 1 fully saturated rings. The van der Waals surface area contributed by atoms with E-state index in [-0.39, 0.29) is 12.4 Å². The van der Waals surface area contributed by atoms with E-state index in [1.807, 2.05) is 0 Å². The van der Waals surface area contributed by atoms with Crippen molar-refractivity contribution in [1.82, 2.24) is 4.90 Å². The van der Waals surface area contributed by atoms with Crippen molar-refractivity contribution >= 4 is 5.97 Å². The van der Waals surface area contributed by atoms with Crippen LogP contribution in [0.25, 0.3) is 0 Å². The summed E-state index contributed by atoms with van der Waals surface area (Å²) >= 11 is 0. The van der Waals surface area contributed by atoms with E-state index >= 15 is 0 Å². The molecule has 0 aliphatic carbocycles. The van der Waals surface area contributed by atoms with Crippen LogP contribution in [0.1, 0.15) is 42.0 Å². The number of ether oxygens (including phenoxy) is 2. The van der Waals surface area contributed by atoms with Gasteiger partial charge >= 0.3 is 12.1 Å². The number of rotatable bonds is 4. The Labute approximate surface area is 165 Å². The zero-order valence-corrected chi connectivity index (χ0v) is 15.5. The Morgan fingerprint density at radius 3 is 2.62 bits per heavy atom. The van der Waals surface area contributed by atoms with Gasteiger partial charge in [0, 0.05) is 0 Å². The molecular formula is C21H20F3NO4. The summed E-state index contributed by atoms with van der Waals surface area (Å²) in [5.41, 5.74) is -0.191. The molecule has 154 valence electrons. The van der Waals surface area contributed by atoms with Crippen LogP contribution in [0.15, 0.2) is 42.5 Å². The molecule has 2 aliphatic rings. The number of hydrogen-bond acceptors (Lipinski definition) is 4. The van der Waals surface area contributed by atoms with Gasteiger partial charge in [0.2, 0.25) is 6.79 Å². The van der Waals surface area contributed by atoms with Crippen LogP contribution in [0.2, 0.25) is 0 Å². The highest BCUT2D eigenvalue weighted by Gasteiger charge is 2.41. The van der Waals surface area contributed by atoms with Gasteiger partial charge in [0.05, 0.1) is 11.6 Å². The second-order valence-corrected chi connectivity index (χ2v) is 7.19. The largest absolute Gasteiger partial charge is 0.480 e. The Morgan fingerprint density at radius 1 is 1.10 bits per heavy atom. The third-order valence-corrected chi connectivity index (χ3v) is 5.43. The molecule has 2 heterocycles. The first kappa shape index (κ1) is 19.6. The van der Waals surface area contributed by atoms with Crippen molar-refractivity contribution in [1.29, 1.82) is 0 Å². The van der Waals surface area contributed by atoms with E-state index in [2.05, 4.69) is 0 Å². The number of piperidine rings is 1. The summed E-state index contributed by atoms with van der Waals surface area (Å²) in [5, 5.41) is 9.73. The van der Waals surface area contributed by atoms with Crippen LogP contribution in [0.4, 0.5) is 13.2 Å². The molecule has 2 aliphatic heterocycles. The first-order chi connectivity index (χ1) is 13.9. The van der Waals surface area contributed by atoms with Gasteiger partial charge in [-0.15, -0.1) is 0 Å². The topological polar surface area (TPSA) is 59.0 Å². The average molecular weight is 407 g/mol. The molecule has 0 bridgehead atoms. The molecule has 0 spiro atoms. The van der Waals surface area contributed by atoms with Crippen molar-refractivity contribution in [2.24, 2.45) is 0 Å². The Kier molecular flexibility index (Phi) is 5.12. The van der Waals surface area contributed by atoms with Crippen molar-refractivity contribution in [3.8, 4) is 11.5 Å². The maximum atomic E-state index is 13.8. The highest BCUT2D eigenvalue weighted by Crippen LogP contribution is 2.43. The van der Waals surface area contributed by atoms with Crippen molar-refractivity contribution in [3.05, 3.63) is 59.2 Å². The number of fused-ring (bicyclic) bond motifs is 1. The van der Waals surface area contributed by atoms with E-state index in [1.165, 1.54) is 12.1 Å². The first-order valence-electron chi connectivity index (χ1n) is 9.40. The lowest BCUT2D eigenvalue weighted by Crippen LogP contribution is -2.47. The summed E-state index contributed by atoms with van der Waals surface area (Å²) in [6.07, 6.45) is -2.72. The SMILES string of the molecule is O=C(O)C1CCCCN1C(c1ccc2c(c1)OCO2)c1ccccc1C(F)(F)F. The van der Waals surface area contributed by atoms with Crippen LogP contribution in [0.3, 0.4) is 0 Å². The van der Waals surface area contributed by atoms with Crippen LogP contribution in [0, 0.1) is 0 Å². The van der Waals surface area contributed by atoms with E-state index in [0.717, 1.165) is 18.9 Å². The van der Waals surface area contributed by atoms with Crippen molar-refractivity contribution in [3.63, 3.8) is 0 Å². The monoisotopic (exact) mass is 407 g/mol. The summed E-state index contributed by atoms with van der Waals surface area (Å²) in [7, 11) is 0. The van der Waals surface area contributed by atoms with Crippen LogP contribution >= 0.6 is 0 Å². The van der Waals surface area contributed by atoms with E-state index in [4.69, 9.17) is 9.47 Å². The predicted molar refractivity (Wildman–Crippen MR) is 97.8 cm³/mol. The van der Waals surface area contributed by atoms with Gasteiger partial charge in [0.25, 0.3) is 0 Å². The lowest BCUT2D eigenvalue weighted by molar-refractivity contribution is -0.145. The summed E-state index contributed by atoms with van der Waals surface area (Å²) in [6, 6.07) is 8.59. The number of benzene rings is 2. The zero-order valence-electron chi connectivity index (χ0n) is 15.5. The van der Waals surface area contributed by atoms with Gasteiger partial charge in [-0.1, -0.05) is 30.7 Å². The van der Waals surface area contributed by atoms with Gasteiger partial charge in [-0.3, -0.25) is 9.69 Å². The number of carboxylic acids is 1. The highest BCUT2D eigenvalue weighted by molar-refractivity contribution is 5.74. The molecule has 2 aromatic rings. The maximum absolute atomic E-state index is 13.8. The van der Waals surface area contributed by atoms with Gasteiger partial charge in [-0.05, 0) is 48.7 Å². The number of nitrogens with zero attached hydrogens (tertiary/aromatic N) is 1. The molecule has 0 amide bonds. The van der Waals surface area contributed by atoms with Gasteiger partial charge < -0.3 is 14.6 Å². The fourth-order valence-electron chi connectivity index (χ4n) is 4.15. The summed E-state index contributed by atoms with van der Waals surface area (Å²) in [6.45, 7) is 0.437. The minimum absolute atomic E-state index is 0.0343. The molecule has 0 aromatic heterocycles. The van der Waals surface area contributed by atoms with Crippen LogP contribution < -0.4 is 9.47 Å². The second kappa shape index (κ2) is 7.59. The summed E-state index contributed by atoms with van der Waals surface area (Å²) in [5.74, 6) is -0.0640. The molecule has 4 rings (SSSR count). The van der Waals surface area contributed by atoms with Gasteiger partial charge in [-0.2, -0.15) is 13.2 Å². The van der Waals surface area contributed by atoms with Gasteiger partial charge in [-0.25, -0.2) is 0 Å². The molecule has 0 radical (unpaired) electrons. The van der Waals surface area contributed by atoms with E-state index in [0.29, 0.717) is 30.0 Å². The number of likely N-dealkylation sites (tertiary alicyclic amines) is 1. The predicted octanol–water partition coefficient (Wildman–Crippen LogP) is 4.46. The van der Waals surface area contributed by atoms with Gasteiger partial charge in [0.15, 0.2) is 11.5 Å². The fourth-order valence-corrected chi connectivity index (χ4v) is 4.15. The standard InChI is InChI=1S/C21H20F3NO4/c22-21(23,24)15-6-2-1-5-14(15)19(25-10-4-3-7-16(25)20(26)27)13-8-9-17-18(11-13)29-12-28-17/h1-2,5-6,8-9,11,16,19H,3-4,7,10,12H2,(H,26,27). The van der Waals surface area contributed by atoms with Crippen LogP contribution in [-0.2, 0) is 11.0 Å². The smallest absolute Gasteiger partial charge is 0.416 e. The molecule has 29 heavy (non-hydrogen) atoms. The first-order valence-corrected chi connectivity index (χ1v) is 9.40. The minimum Gasteiger partial charge on any atom is -0.480 e. The lowest BCUT2D eigenvalue weighted by Gasteiger charge is -2.40. The molecule has 1 saturated heterocycles. The molecule has 2 atom stereocenters. The fraction of sp³-hybridized carbons (Fsp3) is 0.381. The summed E-state index contributed by atoms with van der Waals surface area (Å²) < 4.78 is 52.1. The number of carbonyl (C=O) groups is 1. The third-order valence-electron chi connectivity index (χ3n) is 5.43. The molecule has 1 N–H and O–H groups in total. The van der Waals surface area contributed by atoms with E-state index < -0.39 is 29.8 Å². The second-order valence-electron chi connectivity index (χ2n) is 7.19. The molecule has 2 unspecified atom stereocenters. The number of hydrogen-bond donors (Lipinski definition) is 1. The van der Waals surface area contributed by atoms with Crippen LogP contribution in [0.5, 0.6) is 11.5 Å². The molecule has 8 heteroatoms.